The summed E-state index contributed by atoms with van der Waals surface area (Å²) in [5, 5.41) is 5.32. The highest BCUT2D eigenvalue weighted by atomic mass is 16.2. The molecule has 3 saturated heterocycles. The smallest absolute Gasteiger partial charge is 0.255 e. The van der Waals surface area contributed by atoms with Gasteiger partial charge in [0.25, 0.3) is 5.91 Å². The van der Waals surface area contributed by atoms with Crippen LogP contribution < -0.4 is 16.4 Å². The molecule has 12 nitrogen and oxygen atoms in total. The molecule has 284 valence electrons. The second-order valence-electron chi connectivity index (χ2n) is 14.8. The Hall–Kier alpha value is -5.80. The van der Waals surface area contributed by atoms with Gasteiger partial charge >= 0.3 is 0 Å². The topological polar surface area (TPSA) is 162 Å². The predicted molar refractivity (Wildman–Crippen MR) is 206 cm³/mol. The first kappa shape index (κ1) is 37.5. The monoisotopic (exact) mass is 742 g/mol. The molecule has 4 heterocycles. The van der Waals surface area contributed by atoms with Crippen molar-refractivity contribution in [3.05, 3.63) is 89.5 Å². The zero-order valence-electron chi connectivity index (χ0n) is 30.8. The van der Waals surface area contributed by atoms with Gasteiger partial charge in [-0.1, -0.05) is 66.8 Å². The van der Waals surface area contributed by atoms with Crippen LogP contribution in [0.3, 0.4) is 0 Å². The van der Waals surface area contributed by atoms with Crippen molar-refractivity contribution >= 4 is 41.1 Å². The molecule has 7 rings (SSSR count). The first-order chi connectivity index (χ1) is 26.7. The fraction of sp³-hybridized carbons (Fsp3) is 0.395. The molecule has 55 heavy (non-hydrogen) atoms. The highest BCUT2D eigenvalue weighted by Crippen LogP contribution is 2.32. The van der Waals surface area contributed by atoms with Gasteiger partial charge in [-0.15, -0.1) is 0 Å². The van der Waals surface area contributed by atoms with Gasteiger partial charge in [-0.2, -0.15) is 0 Å². The Bertz CT molecular complexity index is 2040. The Labute approximate surface area is 320 Å². The second kappa shape index (κ2) is 16.7. The first-order valence-corrected chi connectivity index (χ1v) is 19.2. The maximum absolute atomic E-state index is 13.6. The van der Waals surface area contributed by atoms with Crippen molar-refractivity contribution in [2.45, 2.75) is 94.9 Å². The number of nitrogens with two attached hydrogens (primary N) is 1. The highest BCUT2D eigenvalue weighted by Gasteiger charge is 2.44. The number of amides is 6. The SMILES string of the molecule is N[C@H]1CN(C(=O)CCCCCC#Cc2cccc3c2CN(C2CCC(=O)NC2=O)C3=O)CC[C@H]2CC[C@@H](C(=O)Nc3ccc(-c4ccccc4)cc3)N2C1=O. The third kappa shape index (κ3) is 8.32. The maximum atomic E-state index is 13.6. The third-order valence-electron chi connectivity index (χ3n) is 11.1. The zero-order chi connectivity index (χ0) is 38.5. The molecule has 0 aliphatic carbocycles. The summed E-state index contributed by atoms with van der Waals surface area (Å²) in [5.74, 6) is 4.86. The molecular weight excluding hydrogens is 697 g/mol. The molecule has 4 atom stereocenters. The van der Waals surface area contributed by atoms with Crippen LogP contribution in [-0.4, -0.2) is 87.4 Å². The lowest BCUT2D eigenvalue weighted by Crippen LogP contribution is -2.58. The van der Waals surface area contributed by atoms with Crippen LogP contribution >= 0.6 is 0 Å². The van der Waals surface area contributed by atoms with Crippen molar-refractivity contribution in [2.75, 3.05) is 18.4 Å². The van der Waals surface area contributed by atoms with E-state index in [-0.39, 0.29) is 55.1 Å². The molecule has 3 aromatic rings. The molecule has 0 saturated carbocycles. The number of hydrogen-bond acceptors (Lipinski definition) is 7. The number of rotatable bonds is 9. The van der Waals surface area contributed by atoms with E-state index in [0.717, 1.165) is 35.1 Å². The Morgan fingerprint density at radius 1 is 0.855 bits per heavy atom. The Kier molecular flexibility index (Phi) is 11.4. The second-order valence-corrected chi connectivity index (χ2v) is 14.8. The number of fused-ring (bicyclic) bond motifs is 2. The third-order valence-corrected chi connectivity index (χ3v) is 11.1. The average Bonchev–Trinajstić information content (AvgIpc) is 3.76. The van der Waals surface area contributed by atoms with Crippen LogP contribution in [0.5, 0.6) is 0 Å². The minimum absolute atomic E-state index is 0.0286. The van der Waals surface area contributed by atoms with E-state index in [0.29, 0.717) is 62.7 Å². The van der Waals surface area contributed by atoms with E-state index in [9.17, 15) is 28.8 Å². The Morgan fingerprint density at radius 2 is 1.64 bits per heavy atom. The van der Waals surface area contributed by atoms with Gasteiger partial charge in [0, 0.05) is 61.8 Å². The van der Waals surface area contributed by atoms with E-state index >= 15 is 0 Å². The fourth-order valence-corrected chi connectivity index (χ4v) is 8.17. The van der Waals surface area contributed by atoms with E-state index in [1.165, 1.54) is 4.90 Å². The Balaban J connectivity index is 0.855. The predicted octanol–water partition coefficient (Wildman–Crippen LogP) is 3.97. The summed E-state index contributed by atoms with van der Waals surface area (Å²) in [4.78, 5) is 82.2. The van der Waals surface area contributed by atoms with Crippen molar-refractivity contribution in [3.8, 4) is 23.0 Å². The summed E-state index contributed by atoms with van der Waals surface area (Å²) >= 11 is 0. The zero-order valence-corrected chi connectivity index (χ0v) is 30.8. The van der Waals surface area contributed by atoms with Crippen LogP contribution in [0.2, 0.25) is 0 Å². The standard InChI is InChI=1S/C43H46N6O6/c44-35-27-47(25-24-32-20-21-37(49(32)43(35)55)41(53)45-31-18-16-29(17-19-31)28-10-6-4-7-11-28)39(51)15-8-3-1-2-5-12-30-13-9-14-33-34(30)26-48(42(33)54)36-22-23-38(50)46-40(36)52/h4,6-7,9-11,13-14,16-19,32,35-37H,1-3,8,15,20-27,44H2,(H,45,53)(H,46,50,52)/t32-,35+,36?,37+/m1/s1. The largest absolute Gasteiger partial charge is 0.341 e. The molecule has 4 aliphatic heterocycles. The van der Waals surface area contributed by atoms with E-state index in [1.54, 1.807) is 21.9 Å². The van der Waals surface area contributed by atoms with Crippen molar-refractivity contribution in [1.29, 1.82) is 0 Å². The summed E-state index contributed by atoms with van der Waals surface area (Å²) in [6.45, 7) is 0.873. The maximum Gasteiger partial charge on any atom is 0.255 e. The quantitative estimate of drug-likeness (QED) is 0.170. The number of hydrogen-bond donors (Lipinski definition) is 3. The van der Waals surface area contributed by atoms with Crippen LogP contribution in [0.25, 0.3) is 11.1 Å². The van der Waals surface area contributed by atoms with Gasteiger partial charge in [-0.25, -0.2) is 0 Å². The molecule has 0 spiro atoms. The minimum atomic E-state index is -0.911. The van der Waals surface area contributed by atoms with Crippen LogP contribution in [0, 0.1) is 11.8 Å². The number of carbonyl (C=O) groups is 6. The number of nitrogens with zero attached hydrogens (tertiary/aromatic N) is 3. The van der Waals surface area contributed by atoms with Gasteiger partial charge in [0.1, 0.15) is 18.1 Å². The molecule has 3 fully saturated rings. The van der Waals surface area contributed by atoms with E-state index in [4.69, 9.17) is 5.73 Å². The van der Waals surface area contributed by atoms with Crippen LogP contribution in [0.15, 0.2) is 72.8 Å². The number of anilines is 1. The molecular formula is C43H46N6O6. The van der Waals surface area contributed by atoms with Gasteiger partial charge in [-0.05, 0) is 79.5 Å². The molecule has 6 amide bonds. The minimum Gasteiger partial charge on any atom is -0.341 e. The molecule has 4 N–H and O–H groups in total. The van der Waals surface area contributed by atoms with Crippen molar-refractivity contribution < 1.29 is 28.8 Å². The van der Waals surface area contributed by atoms with Gasteiger partial charge in [0.05, 0.1) is 0 Å². The fourth-order valence-electron chi connectivity index (χ4n) is 8.17. The lowest BCUT2D eigenvalue weighted by Gasteiger charge is -2.37. The van der Waals surface area contributed by atoms with Crippen molar-refractivity contribution in [1.82, 2.24) is 20.0 Å². The van der Waals surface area contributed by atoms with Gasteiger partial charge in [0.15, 0.2) is 0 Å². The van der Waals surface area contributed by atoms with Crippen LogP contribution in [0.1, 0.15) is 85.7 Å². The average molecular weight is 743 g/mol. The van der Waals surface area contributed by atoms with E-state index in [1.807, 2.05) is 60.7 Å². The summed E-state index contributed by atoms with van der Waals surface area (Å²) in [7, 11) is 0. The molecule has 12 heteroatoms. The number of imide groups is 1. The van der Waals surface area contributed by atoms with Crippen LogP contribution in [0.4, 0.5) is 5.69 Å². The van der Waals surface area contributed by atoms with Gasteiger partial charge in [-0.3, -0.25) is 34.1 Å². The van der Waals surface area contributed by atoms with Crippen LogP contribution in [-0.2, 0) is 30.5 Å². The highest BCUT2D eigenvalue weighted by molar-refractivity contribution is 6.05. The number of unbranched alkanes of at least 4 members (excludes halogenated alkanes) is 3. The number of carbonyl (C=O) groups excluding carboxylic acids is 6. The number of nitrogens with one attached hydrogen (secondary N) is 2. The summed E-state index contributed by atoms with van der Waals surface area (Å²) in [6, 6.07) is 20.7. The van der Waals surface area contributed by atoms with Crippen molar-refractivity contribution in [3.63, 3.8) is 0 Å². The lowest BCUT2D eigenvalue weighted by atomic mass is 10.0. The first-order valence-electron chi connectivity index (χ1n) is 19.2. The molecule has 1 unspecified atom stereocenters. The number of benzene rings is 3. The molecule has 0 aromatic heterocycles. The molecule has 0 radical (unpaired) electrons. The van der Waals surface area contributed by atoms with Gasteiger partial charge in [0.2, 0.25) is 29.5 Å². The molecule has 3 aromatic carbocycles. The summed E-state index contributed by atoms with van der Waals surface area (Å²) < 4.78 is 0. The van der Waals surface area contributed by atoms with E-state index < -0.39 is 24.0 Å². The molecule has 0 bridgehead atoms. The summed E-state index contributed by atoms with van der Waals surface area (Å²) in [5.41, 5.74) is 11.3. The Morgan fingerprint density at radius 3 is 2.42 bits per heavy atom. The van der Waals surface area contributed by atoms with Gasteiger partial charge < -0.3 is 25.8 Å². The molecule has 4 aliphatic rings. The normalized spacial score (nSPS) is 22.2. The van der Waals surface area contributed by atoms with Crippen molar-refractivity contribution in [2.24, 2.45) is 5.73 Å². The van der Waals surface area contributed by atoms with E-state index in [2.05, 4.69) is 22.5 Å². The summed E-state index contributed by atoms with van der Waals surface area (Å²) in [6.07, 6.45) is 5.57. The lowest BCUT2D eigenvalue weighted by molar-refractivity contribution is -0.143. The number of piperidine rings is 1.